The largest absolute Gasteiger partial charge is 0.485 e. The fraction of sp³-hybridized carbons (Fsp3) is 0.222. The zero-order valence-corrected chi connectivity index (χ0v) is 15.1. The summed E-state index contributed by atoms with van der Waals surface area (Å²) in [6, 6.07) is 10.8. The molecule has 0 bridgehead atoms. The van der Waals surface area contributed by atoms with Gasteiger partial charge in [0.25, 0.3) is 0 Å². The lowest BCUT2D eigenvalue weighted by Gasteiger charge is -2.15. The molecule has 3 aromatic rings. The van der Waals surface area contributed by atoms with Crippen LogP contribution < -0.4 is 16.2 Å². The number of ether oxygens (including phenoxy) is 1. The predicted octanol–water partition coefficient (Wildman–Crippen LogP) is 2.27. The lowest BCUT2D eigenvalue weighted by molar-refractivity contribution is 0.186. The number of benzene rings is 2. The zero-order chi connectivity index (χ0) is 18.8. The van der Waals surface area contributed by atoms with Crippen molar-refractivity contribution in [2.75, 3.05) is 0 Å². The number of H-pyrrole nitrogens is 1. The molecule has 4 N–H and O–H groups in total. The number of aliphatic hydroxyl groups excluding tert-OH is 1. The highest BCUT2D eigenvalue weighted by molar-refractivity contribution is 6.31. The average Bonchev–Trinajstić information content (AvgIpc) is 2.94. The Morgan fingerprint density at radius 2 is 2.15 bits per heavy atom. The third-order valence-corrected chi connectivity index (χ3v) is 4.54. The smallest absolute Gasteiger partial charge is 0.343 e. The molecule has 1 aromatic heterocycles. The van der Waals surface area contributed by atoms with Gasteiger partial charge in [-0.05, 0) is 41.8 Å². The number of hydrogen-bond donors (Lipinski definition) is 3. The Kier molecular flexibility index (Phi) is 5.13. The van der Waals surface area contributed by atoms with Crippen LogP contribution in [0.15, 0.2) is 41.2 Å². The minimum absolute atomic E-state index is 0.114. The molecule has 3 rings (SSSR count). The summed E-state index contributed by atoms with van der Waals surface area (Å²) in [6.07, 6.45) is -1.07. The molecule has 0 fully saturated rings. The summed E-state index contributed by atoms with van der Waals surface area (Å²) >= 11 is 6.29. The van der Waals surface area contributed by atoms with Crippen molar-refractivity contribution in [1.82, 2.24) is 14.8 Å². The number of aromatic nitrogens is 3. The van der Waals surface area contributed by atoms with Gasteiger partial charge in [0, 0.05) is 17.6 Å². The Morgan fingerprint density at radius 1 is 1.38 bits per heavy atom. The molecule has 26 heavy (non-hydrogen) atoms. The van der Waals surface area contributed by atoms with E-state index in [0.29, 0.717) is 22.2 Å². The number of nitrogens with two attached hydrogens (primary N) is 1. The highest BCUT2D eigenvalue weighted by Gasteiger charge is 2.13. The molecule has 7 nitrogen and oxygen atoms in total. The lowest BCUT2D eigenvalue weighted by Crippen LogP contribution is -2.15. The Balaban J connectivity index is 1.99. The van der Waals surface area contributed by atoms with Crippen molar-refractivity contribution in [3.05, 3.63) is 68.9 Å². The summed E-state index contributed by atoms with van der Waals surface area (Å²) in [4.78, 5) is 11.5. The molecule has 0 saturated carbocycles. The first-order chi connectivity index (χ1) is 12.4. The van der Waals surface area contributed by atoms with E-state index in [0.717, 1.165) is 16.7 Å². The predicted molar refractivity (Wildman–Crippen MR) is 98.9 cm³/mol. The third-order valence-electron chi connectivity index (χ3n) is 4.13. The molecule has 1 unspecified atom stereocenters. The van der Waals surface area contributed by atoms with Gasteiger partial charge in [-0.25, -0.2) is 9.89 Å². The molecule has 0 spiro atoms. The second-order valence-electron chi connectivity index (χ2n) is 5.96. The molecule has 1 heterocycles. The van der Waals surface area contributed by atoms with Gasteiger partial charge >= 0.3 is 5.69 Å². The fourth-order valence-electron chi connectivity index (χ4n) is 2.54. The topological polar surface area (TPSA) is 106 Å². The maximum atomic E-state index is 11.5. The van der Waals surface area contributed by atoms with Crippen molar-refractivity contribution < 1.29 is 9.84 Å². The summed E-state index contributed by atoms with van der Waals surface area (Å²) < 4.78 is 7.30. The van der Waals surface area contributed by atoms with Crippen molar-refractivity contribution in [3.8, 4) is 16.9 Å². The highest BCUT2D eigenvalue weighted by atomic mass is 35.5. The molecule has 8 heteroatoms. The van der Waals surface area contributed by atoms with Crippen LogP contribution in [0.2, 0.25) is 5.02 Å². The van der Waals surface area contributed by atoms with Crippen LogP contribution in [0.25, 0.3) is 11.1 Å². The maximum absolute atomic E-state index is 11.5. The van der Waals surface area contributed by atoms with E-state index in [1.54, 1.807) is 31.3 Å². The normalized spacial score (nSPS) is 12.2. The fourth-order valence-corrected chi connectivity index (χ4v) is 2.70. The molecule has 0 aliphatic carbocycles. The average molecular weight is 375 g/mol. The van der Waals surface area contributed by atoms with Crippen molar-refractivity contribution in [1.29, 1.82) is 0 Å². The number of nitrogens with zero attached hydrogens (tertiary/aromatic N) is 2. The van der Waals surface area contributed by atoms with E-state index >= 15 is 0 Å². The lowest BCUT2D eigenvalue weighted by atomic mass is 10.0. The van der Waals surface area contributed by atoms with Gasteiger partial charge in [-0.1, -0.05) is 29.8 Å². The van der Waals surface area contributed by atoms with Gasteiger partial charge in [-0.2, -0.15) is 5.10 Å². The number of rotatable bonds is 5. The molecule has 2 aromatic carbocycles. The Morgan fingerprint density at radius 3 is 2.81 bits per heavy atom. The summed E-state index contributed by atoms with van der Waals surface area (Å²) in [6.45, 7) is 1.99. The molecule has 0 aliphatic rings. The Labute approximate surface area is 155 Å². The molecule has 1 atom stereocenters. The number of aryl methyl sites for hydroxylation is 1. The van der Waals surface area contributed by atoms with Crippen molar-refractivity contribution in [3.63, 3.8) is 0 Å². The first-order valence-electron chi connectivity index (χ1n) is 7.94. The van der Waals surface area contributed by atoms with Gasteiger partial charge in [0.15, 0.2) is 5.82 Å². The number of halogens is 1. The molecule has 0 radical (unpaired) electrons. The highest BCUT2D eigenvalue weighted by Crippen LogP contribution is 2.36. The summed E-state index contributed by atoms with van der Waals surface area (Å²) in [7, 11) is 1.62. The van der Waals surface area contributed by atoms with E-state index in [9.17, 15) is 9.90 Å². The minimum Gasteiger partial charge on any atom is -0.485 e. The van der Waals surface area contributed by atoms with E-state index < -0.39 is 6.23 Å². The summed E-state index contributed by atoms with van der Waals surface area (Å²) in [5, 5.41) is 16.5. The summed E-state index contributed by atoms with van der Waals surface area (Å²) in [5.74, 6) is 1.06. The van der Waals surface area contributed by atoms with Crippen molar-refractivity contribution in [2.24, 2.45) is 12.8 Å². The molecule has 0 aliphatic heterocycles. The number of aromatic amines is 1. The van der Waals surface area contributed by atoms with Crippen LogP contribution in [0, 0.1) is 6.92 Å². The summed E-state index contributed by atoms with van der Waals surface area (Å²) in [5.41, 5.74) is 8.26. The first-order valence-corrected chi connectivity index (χ1v) is 8.32. The van der Waals surface area contributed by atoms with Gasteiger partial charge in [-0.15, -0.1) is 0 Å². The number of nitrogens with one attached hydrogen (secondary N) is 1. The number of aliphatic hydroxyl groups is 1. The van der Waals surface area contributed by atoms with Gasteiger partial charge in [-0.3, -0.25) is 4.57 Å². The second-order valence-corrected chi connectivity index (χ2v) is 6.37. The van der Waals surface area contributed by atoms with Crippen LogP contribution in [-0.2, 0) is 13.7 Å². The van der Waals surface area contributed by atoms with Gasteiger partial charge in [0.05, 0.1) is 0 Å². The van der Waals surface area contributed by atoms with E-state index in [2.05, 4.69) is 10.2 Å². The van der Waals surface area contributed by atoms with Crippen LogP contribution in [-0.4, -0.2) is 19.9 Å². The zero-order valence-electron chi connectivity index (χ0n) is 14.4. The van der Waals surface area contributed by atoms with Gasteiger partial charge in [0.2, 0.25) is 0 Å². The maximum Gasteiger partial charge on any atom is 0.343 e. The third kappa shape index (κ3) is 3.65. The van der Waals surface area contributed by atoms with Crippen LogP contribution in [0.1, 0.15) is 23.2 Å². The first kappa shape index (κ1) is 18.2. The van der Waals surface area contributed by atoms with Crippen LogP contribution in [0.4, 0.5) is 0 Å². The number of hydrogen-bond acceptors (Lipinski definition) is 5. The van der Waals surface area contributed by atoms with E-state index in [1.807, 2.05) is 19.1 Å². The standard InChI is InChI=1S/C18H19ClN4O3/c1-10-6-15(26-9-16-21-22-18(25)23(16)2)13(8-14(10)19)11-4-3-5-12(7-11)17(20)24/h3-8,17,24H,9,20H2,1-2H3,(H,22,25). The molecular formula is C18H19ClN4O3. The monoisotopic (exact) mass is 374 g/mol. The minimum atomic E-state index is -1.07. The van der Waals surface area contributed by atoms with E-state index in [4.69, 9.17) is 22.1 Å². The quantitative estimate of drug-likeness (QED) is 0.594. The van der Waals surface area contributed by atoms with Crippen molar-refractivity contribution >= 4 is 11.6 Å². The molecule has 0 amide bonds. The SMILES string of the molecule is Cc1cc(OCc2n[nH]c(=O)n2C)c(-c2cccc(C(N)O)c2)cc1Cl. The van der Waals surface area contributed by atoms with Crippen LogP contribution in [0.3, 0.4) is 0 Å². The van der Waals surface area contributed by atoms with Gasteiger partial charge in [0.1, 0.15) is 18.6 Å². The van der Waals surface area contributed by atoms with E-state index in [-0.39, 0.29) is 12.3 Å². The van der Waals surface area contributed by atoms with Crippen molar-refractivity contribution in [2.45, 2.75) is 19.8 Å². The van der Waals surface area contributed by atoms with E-state index in [1.165, 1.54) is 4.57 Å². The van der Waals surface area contributed by atoms with Crippen LogP contribution >= 0.6 is 11.6 Å². The molecule has 136 valence electrons. The van der Waals surface area contributed by atoms with Gasteiger partial charge < -0.3 is 15.6 Å². The molecule has 0 saturated heterocycles. The molecular weight excluding hydrogens is 356 g/mol. The Hall–Kier alpha value is -2.61. The van der Waals surface area contributed by atoms with Crippen LogP contribution in [0.5, 0.6) is 5.75 Å². The Bertz CT molecular complexity index is 994. The second kappa shape index (κ2) is 7.33.